The number of hydrogen-bond donors (Lipinski definition) is 1. The molecule has 0 spiro atoms. The van der Waals surface area contributed by atoms with Gasteiger partial charge in [-0.05, 0) is 43.2 Å². The van der Waals surface area contributed by atoms with Crippen LogP contribution in [0.25, 0.3) is 0 Å². The fourth-order valence-corrected chi connectivity index (χ4v) is 3.95. The topological polar surface area (TPSA) is 29.9 Å². The lowest BCUT2D eigenvalue weighted by Crippen LogP contribution is -2.22. The summed E-state index contributed by atoms with van der Waals surface area (Å²) in [6.07, 6.45) is 13.1. The molecule has 1 fully saturated rings. The van der Waals surface area contributed by atoms with Crippen molar-refractivity contribution in [1.82, 2.24) is 9.55 Å². The summed E-state index contributed by atoms with van der Waals surface area (Å²) in [6, 6.07) is 9.96. The van der Waals surface area contributed by atoms with E-state index >= 15 is 0 Å². The van der Waals surface area contributed by atoms with E-state index in [-0.39, 0.29) is 0 Å². The molecule has 1 unspecified atom stereocenters. The summed E-state index contributed by atoms with van der Waals surface area (Å²) in [5.74, 6) is 1.06. The second-order valence-electron chi connectivity index (χ2n) is 6.39. The molecular formula is C18H23N3. The van der Waals surface area contributed by atoms with Gasteiger partial charge in [0.1, 0.15) is 0 Å². The van der Waals surface area contributed by atoms with Crippen molar-refractivity contribution in [3.63, 3.8) is 0 Å². The van der Waals surface area contributed by atoms with Crippen LogP contribution < -0.4 is 5.32 Å². The lowest BCUT2D eigenvalue weighted by molar-refractivity contribution is 0.491. The molecule has 3 nitrogen and oxygen atoms in total. The van der Waals surface area contributed by atoms with E-state index < -0.39 is 0 Å². The molecule has 3 heteroatoms. The Labute approximate surface area is 126 Å². The number of benzene rings is 1. The third-order valence-corrected chi connectivity index (χ3v) is 5.03. The van der Waals surface area contributed by atoms with Crippen LogP contribution in [0.1, 0.15) is 55.7 Å². The standard InChI is InChI=1S/C18H23N3/c1-4-10-16-14(6-1)7-5-11-17(16)21-13-12-19-18(21)20-15-8-2-3-9-15/h1,4,6,10,12-13,15,17H,2-3,5,7-9,11H2,(H,19,20). The smallest absolute Gasteiger partial charge is 0.203 e. The van der Waals surface area contributed by atoms with Gasteiger partial charge in [0.25, 0.3) is 0 Å². The molecule has 1 heterocycles. The maximum atomic E-state index is 4.58. The van der Waals surface area contributed by atoms with Crippen molar-refractivity contribution in [3.05, 3.63) is 47.8 Å². The zero-order valence-corrected chi connectivity index (χ0v) is 12.5. The summed E-state index contributed by atoms with van der Waals surface area (Å²) >= 11 is 0. The van der Waals surface area contributed by atoms with Crippen molar-refractivity contribution >= 4 is 5.95 Å². The van der Waals surface area contributed by atoms with Crippen LogP contribution >= 0.6 is 0 Å². The van der Waals surface area contributed by atoms with E-state index in [2.05, 4.69) is 45.3 Å². The predicted octanol–water partition coefficient (Wildman–Crippen LogP) is 4.16. The normalized spacial score (nSPS) is 22.2. The average molecular weight is 281 g/mol. The fourth-order valence-electron chi connectivity index (χ4n) is 3.95. The predicted molar refractivity (Wildman–Crippen MR) is 85.6 cm³/mol. The van der Waals surface area contributed by atoms with E-state index in [1.165, 1.54) is 56.1 Å². The van der Waals surface area contributed by atoms with Crippen LogP contribution in [0.3, 0.4) is 0 Å². The second-order valence-corrected chi connectivity index (χ2v) is 6.39. The van der Waals surface area contributed by atoms with Crippen molar-refractivity contribution in [2.45, 2.75) is 57.0 Å². The zero-order valence-electron chi connectivity index (χ0n) is 12.5. The lowest BCUT2D eigenvalue weighted by Gasteiger charge is -2.28. The number of nitrogens with one attached hydrogen (secondary N) is 1. The molecule has 1 aromatic heterocycles. The first-order valence-electron chi connectivity index (χ1n) is 8.29. The van der Waals surface area contributed by atoms with Gasteiger partial charge in [-0.15, -0.1) is 0 Å². The van der Waals surface area contributed by atoms with Crippen LogP contribution in [0.4, 0.5) is 5.95 Å². The van der Waals surface area contributed by atoms with Crippen molar-refractivity contribution in [3.8, 4) is 0 Å². The van der Waals surface area contributed by atoms with Crippen molar-refractivity contribution in [2.75, 3.05) is 5.32 Å². The molecule has 0 amide bonds. The molecule has 2 aliphatic rings. The third-order valence-electron chi connectivity index (χ3n) is 5.03. The number of imidazole rings is 1. The van der Waals surface area contributed by atoms with Gasteiger partial charge in [-0.3, -0.25) is 0 Å². The number of aromatic nitrogens is 2. The number of nitrogens with zero attached hydrogens (tertiary/aromatic N) is 2. The molecule has 1 aromatic carbocycles. The van der Waals surface area contributed by atoms with Crippen LogP contribution in [0.5, 0.6) is 0 Å². The minimum Gasteiger partial charge on any atom is -0.353 e. The van der Waals surface area contributed by atoms with E-state index in [0.717, 1.165) is 5.95 Å². The molecule has 2 aromatic rings. The van der Waals surface area contributed by atoms with Gasteiger partial charge in [-0.25, -0.2) is 4.98 Å². The van der Waals surface area contributed by atoms with E-state index in [0.29, 0.717) is 12.1 Å². The summed E-state index contributed by atoms with van der Waals surface area (Å²) in [4.78, 5) is 4.58. The van der Waals surface area contributed by atoms with Crippen molar-refractivity contribution in [1.29, 1.82) is 0 Å². The summed E-state index contributed by atoms with van der Waals surface area (Å²) in [6.45, 7) is 0. The molecular weight excluding hydrogens is 258 g/mol. The van der Waals surface area contributed by atoms with Gasteiger partial charge in [0.15, 0.2) is 0 Å². The van der Waals surface area contributed by atoms with Crippen molar-refractivity contribution < 1.29 is 0 Å². The molecule has 0 bridgehead atoms. The quantitative estimate of drug-likeness (QED) is 0.915. The first-order chi connectivity index (χ1) is 10.4. The zero-order chi connectivity index (χ0) is 14.1. The summed E-state index contributed by atoms with van der Waals surface area (Å²) < 4.78 is 2.36. The molecule has 2 aliphatic carbocycles. The molecule has 0 aliphatic heterocycles. The molecule has 110 valence electrons. The van der Waals surface area contributed by atoms with Gasteiger partial charge >= 0.3 is 0 Å². The first kappa shape index (κ1) is 12.9. The summed E-state index contributed by atoms with van der Waals surface area (Å²) in [7, 11) is 0. The summed E-state index contributed by atoms with van der Waals surface area (Å²) in [5.41, 5.74) is 2.99. The highest BCUT2D eigenvalue weighted by molar-refractivity contribution is 5.37. The Morgan fingerprint density at radius 3 is 2.81 bits per heavy atom. The maximum absolute atomic E-state index is 4.58. The number of hydrogen-bond acceptors (Lipinski definition) is 2. The lowest BCUT2D eigenvalue weighted by atomic mass is 9.87. The average Bonchev–Trinajstić information content (AvgIpc) is 3.19. The number of fused-ring (bicyclic) bond motifs is 1. The summed E-state index contributed by atoms with van der Waals surface area (Å²) in [5, 5.41) is 3.67. The highest BCUT2D eigenvalue weighted by Crippen LogP contribution is 2.34. The highest BCUT2D eigenvalue weighted by atomic mass is 15.2. The third kappa shape index (κ3) is 2.45. The Morgan fingerprint density at radius 2 is 1.90 bits per heavy atom. The number of aryl methyl sites for hydroxylation is 1. The number of anilines is 1. The fraction of sp³-hybridized carbons (Fsp3) is 0.500. The first-order valence-corrected chi connectivity index (χ1v) is 8.29. The highest BCUT2D eigenvalue weighted by Gasteiger charge is 2.24. The Morgan fingerprint density at radius 1 is 1.05 bits per heavy atom. The Kier molecular flexibility index (Phi) is 3.42. The molecule has 21 heavy (non-hydrogen) atoms. The van der Waals surface area contributed by atoms with Crippen LogP contribution in [0.15, 0.2) is 36.7 Å². The van der Waals surface area contributed by atoms with E-state index in [1.807, 2.05) is 6.20 Å². The van der Waals surface area contributed by atoms with Gasteiger partial charge in [0.2, 0.25) is 5.95 Å². The van der Waals surface area contributed by atoms with Gasteiger partial charge in [-0.2, -0.15) is 0 Å². The molecule has 1 N–H and O–H groups in total. The second kappa shape index (κ2) is 5.55. The van der Waals surface area contributed by atoms with Crippen LogP contribution in [-0.2, 0) is 6.42 Å². The van der Waals surface area contributed by atoms with Gasteiger partial charge in [0.05, 0.1) is 6.04 Å². The Balaban J connectivity index is 1.64. The van der Waals surface area contributed by atoms with Gasteiger partial charge in [-0.1, -0.05) is 37.1 Å². The molecule has 0 radical (unpaired) electrons. The molecule has 4 rings (SSSR count). The maximum Gasteiger partial charge on any atom is 0.203 e. The van der Waals surface area contributed by atoms with Crippen LogP contribution in [0.2, 0.25) is 0 Å². The van der Waals surface area contributed by atoms with Gasteiger partial charge in [0, 0.05) is 18.4 Å². The molecule has 1 atom stereocenters. The SMILES string of the molecule is c1ccc2c(c1)CCCC2n1ccnc1NC1CCCC1. The monoisotopic (exact) mass is 281 g/mol. The van der Waals surface area contributed by atoms with Gasteiger partial charge < -0.3 is 9.88 Å². The van der Waals surface area contributed by atoms with Crippen LogP contribution in [-0.4, -0.2) is 15.6 Å². The largest absolute Gasteiger partial charge is 0.353 e. The Hall–Kier alpha value is -1.77. The van der Waals surface area contributed by atoms with E-state index in [1.54, 1.807) is 0 Å². The van der Waals surface area contributed by atoms with E-state index in [9.17, 15) is 0 Å². The Bertz CT molecular complexity index is 610. The van der Waals surface area contributed by atoms with E-state index in [4.69, 9.17) is 0 Å². The minimum atomic E-state index is 0.446. The van der Waals surface area contributed by atoms with Crippen LogP contribution in [0, 0.1) is 0 Å². The molecule has 1 saturated carbocycles. The number of rotatable bonds is 3. The molecule has 0 saturated heterocycles. The van der Waals surface area contributed by atoms with Crippen molar-refractivity contribution in [2.24, 2.45) is 0 Å². The minimum absolute atomic E-state index is 0.446.